The minimum absolute atomic E-state index is 0.120. The number of carbonyl (C=O) groups excluding carboxylic acids is 1. The number of fused-ring (bicyclic) bond motifs is 5. The quantitative estimate of drug-likeness (QED) is 0.658. The molecule has 0 bridgehead atoms. The Balaban J connectivity index is 1.20. The lowest BCUT2D eigenvalue weighted by atomic mass is 9.83. The lowest BCUT2D eigenvalue weighted by Crippen LogP contribution is -2.54. The lowest BCUT2D eigenvalue weighted by molar-refractivity contribution is -0.143. The third kappa shape index (κ3) is 2.80. The molecule has 154 valence electrons. The first-order valence-corrected chi connectivity index (χ1v) is 11.1. The molecular weight excluding hydrogens is 374 g/mol. The van der Waals surface area contributed by atoms with Crippen molar-refractivity contribution in [1.82, 2.24) is 15.2 Å². The SMILES string of the molecule is O=C([C@H]1Cc2ccccc2CN1)N1CCC2(CC1)OCCc1c2[nH]c2ccccc12. The fourth-order valence-corrected chi connectivity index (χ4v) is 5.60. The monoisotopic (exact) mass is 401 g/mol. The summed E-state index contributed by atoms with van der Waals surface area (Å²) in [6.07, 6.45) is 3.43. The highest BCUT2D eigenvalue weighted by atomic mass is 16.5. The van der Waals surface area contributed by atoms with Gasteiger partial charge in [-0.1, -0.05) is 42.5 Å². The number of rotatable bonds is 1. The van der Waals surface area contributed by atoms with Gasteiger partial charge < -0.3 is 19.9 Å². The number of amides is 1. The summed E-state index contributed by atoms with van der Waals surface area (Å²) in [4.78, 5) is 18.9. The maximum absolute atomic E-state index is 13.2. The molecule has 5 nitrogen and oxygen atoms in total. The second kappa shape index (κ2) is 6.96. The Hall–Kier alpha value is -2.63. The molecule has 1 fully saturated rings. The molecule has 3 aromatic rings. The molecule has 1 amide bonds. The minimum Gasteiger partial charge on any atom is -0.368 e. The molecule has 0 aliphatic carbocycles. The Labute approximate surface area is 176 Å². The number of aromatic amines is 1. The topological polar surface area (TPSA) is 57.4 Å². The number of aromatic nitrogens is 1. The number of benzene rings is 2. The molecule has 6 rings (SSSR count). The molecule has 1 saturated heterocycles. The van der Waals surface area contributed by atoms with Crippen LogP contribution in [0.4, 0.5) is 0 Å². The van der Waals surface area contributed by atoms with E-state index >= 15 is 0 Å². The number of H-pyrrole nitrogens is 1. The molecule has 30 heavy (non-hydrogen) atoms. The van der Waals surface area contributed by atoms with Crippen molar-refractivity contribution >= 4 is 16.8 Å². The maximum atomic E-state index is 13.2. The molecule has 1 spiro atoms. The molecule has 3 aliphatic rings. The predicted octanol–water partition coefficient (Wildman–Crippen LogP) is 3.27. The number of nitrogens with one attached hydrogen (secondary N) is 2. The summed E-state index contributed by atoms with van der Waals surface area (Å²) < 4.78 is 6.40. The smallest absolute Gasteiger partial charge is 0.240 e. The van der Waals surface area contributed by atoms with Gasteiger partial charge in [-0.3, -0.25) is 4.79 Å². The van der Waals surface area contributed by atoms with Gasteiger partial charge in [0.1, 0.15) is 5.60 Å². The summed E-state index contributed by atoms with van der Waals surface area (Å²) in [5.41, 5.74) is 6.16. The third-order valence-corrected chi connectivity index (χ3v) is 7.26. The van der Waals surface area contributed by atoms with Crippen LogP contribution in [-0.4, -0.2) is 41.5 Å². The van der Waals surface area contributed by atoms with Crippen molar-refractivity contribution in [2.45, 2.75) is 43.9 Å². The lowest BCUT2D eigenvalue weighted by Gasteiger charge is -2.44. The van der Waals surface area contributed by atoms with E-state index in [9.17, 15) is 4.79 Å². The van der Waals surface area contributed by atoms with E-state index in [1.54, 1.807) is 0 Å². The average molecular weight is 402 g/mol. The van der Waals surface area contributed by atoms with Gasteiger partial charge >= 0.3 is 0 Å². The number of piperidine rings is 1. The summed E-state index contributed by atoms with van der Waals surface area (Å²) in [7, 11) is 0. The molecule has 0 unspecified atom stereocenters. The van der Waals surface area contributed by atoms with Crippen LogP contribution < -0.4 is 5.32 Å². The average Bonchev–Trinajstić information content (AvgIpc) is 3.19. The van der Waals surface area contributed by atoms with Gasteiger partial charge in [-0.15, -0.1) is 0 Å². The summed E-state index contributed by atoms with van der Waals surface area (Å²) in [6.45, 7) is 3.01. The molecule has 3 aliphatic heterocycles. The Bertz CT molecular complexity index is 1110. The third-order valence-electron chi connectivity index (χ3n) is 7.26. The van der Waals surface area contributed by atoms with Gasteiger partial charge in [-0.2, -0.15) is 0 Å². The first-order chi connectivity index (χ1) is 14.7. The molecule has 1 aromatic heterocycles. The normalized spacial score (nSPS) is 22.7. The van der Waals surface area contributed by atoms with Crippen LogP contribution in [0.2, 0.25) is 0 Å². The molecule has 0 radical (unpaired) electrons. The van der Waals surface area contributed by atoms with E-state index in [-0.39, 0.29) is 17.6 Å². The van der Waals surface area contributed by atoms with E-state index < -0.39 is 0 Å². The fraction of sp³-hybridized carbons (Fsp3) is 0.400. The molecule has 1 atom stereocenters. The molecule has 2 N–H and O–H groups in total. The van der Waals surface area contributed by atoms with Gasteiger partial charge in [-0.05, 0) is 48.4 Å². The zero-order chi connectivity index (χ0) is 20.1. The van der Waals surface area contributed by atoms with E-state index in [0.717, 1.165) is 51.9 Å². The molecule has 5 heteroatoms. The first kappa shape index (κ1) is 18.2. The molecular formula is C25H27N3O2. The van der Waals surface area contributed by atoms with Crippen molar-refractivity contribution in [3.05, 3.63) is 70.9 Å². The van der Waals surface area contributed by atoms with Crippen molar-refractivity contribution in [3.63, 3.8) is 0 Å². The Kier molecular flexibility index (Phi) is 4.22. The van der Waals surface area contributed by atoms with Gasteiger partial charge in [0.2, 0.25) is 5.91 Å². The van der Waals surface area contributed by atoms with Gasteiger partial charge in [0.05, 0.1) is 18.3 Å². The van der Waals surface area contributed by atoms with E-state index in [2.05, 4.69) is 58.8 Å². The van der Waals surface area contributed by atoms with Crippen molar-refractivity contribution in [3.8, 4) is 0 Å². The number of likely N-dealkylation sites (tertiary alicyclic amines) is 1. The van der Waals surface area contributed by atoms with Gasteiger partial charge in [-0.25, -0.2) is 0 Å². The summed E-state index contributed by atoms with van der Waals surface area (Å²) >= 11 is 0. The fourth-order valence-electron chi connectivity index (χ4n) is 5.60. The Morgan fingerprint density at radius 3 is 2.67 bits per heavy atom. The van der Waals surface area contributed by atoms with Crippen LogP contribution in [0.3, 0.4) is 0 Å². The number of nitrogens with zero attached hydrogens (tertiary/aromatic N) is 1. The number of carbonyl (C=O) groups is 1. The van der Waals surface area contributed by atoms with Crippen molar-refractivity contribution < 1.29 is 9.53 Å². The Morgan fingerprint density at radius 2 is 1.80 bits per heavy atom. The minimum atomic E-state index is -0.282. The second-order valence-corrected chi connectivity index (χ2v) is 8.85. The summed E-state index contributed by atoms with van der Waals surface area (Å²) in [5.74, 6) is 0.229. The number of hydrogen-bond acceptors (Lipinski definition) is 3. The molecule has 2 aromatic carbocycles. The largest absolute Gasteiger partial charge is 0.368 e. The maximum Gasteiger partial charge on any atom is 0.240 e. The zero-order valence-corrected chi connectivity index (χ0v) is 17.1. The summed E-state index contributed by atoms with van der Waals surface area (Å²) in [5, 5.41) is 4.77. The van der Waals surface area contributed by atoms with Gasteiger partial charge in [0.15, 0.2) is 0 Å². The molecule has 4 heterocycles. The van der Waals surface area contributed by atoms with E-state index in [1.807, 2.05) is 4.90 Å². The highest BCUT2D eigenvalue weighted by Gasteiger charge is 2.44. The van der Waals surface area contributed by atoms with Crippen LogP contribution in [0, 0.1) is 0 Å². The number of para-hydroxylation sites is 1. The second-order valence-electron chi connectivity index (χ2n) is 8.85. The highest BCUT2D eigenvalue weighted by molar-refractivity contribution is 5.85. The van der Waals surface area contributed by atoms with Crippen molar-refractivity contribution in [2.24, 2.45) is 0 Å². The van der Waals surface area contributed by atoms with Crippen LogP contribution in [0.1, 0.15) is 35.2 Å². The summed E-state index contributed by atoms with van der Waals surface area (Å²) in [6, 6.07) is 16.8. The standard InChI is InChI=1S/C25H27N3O2/c29-24(22-15-17-5-1-2-6-18(17)16-26-22)28-12-10-25(11-13-28)23-20(9-14-30-25)19-7-3-4-8-21(19)27-23/h1-8,22,26-27H,9-16H2/t22-/m1/s1. The van der Waals surface area contributed by atoms with E-state index in [0.29, 0.717) is 0 Å². The molecule has 0 saturated carbocycles. The zero-order valence-electron chi connectivity index (χ0n) is 17.1. The Morgan fingerprint density at radius 1 is 1.03 bits per heavy atom. The van der Waals surface area contributed by atoms with E-state index in [1.165, 1.54) is 33.3 Å². The van der Waals surface area contributed by atoms with E-state index in [4.69, 9.17) is 4.74 Å². The van der Waals surface area contributed by atoms with Crippen molar-refractivity contribution in [1.29, 1.82) is 0 Å². The first-order valence-electron chi connectivity index (χ1n) is 11.1. The van der Waals surface area contributed by atoms with Crippen LogP contribution in [0.15, 0.2) is 48.5 Å². The number of hydrogen-bond donors (Lipinski definition) is 2. The highest BCUT2D eigenvalue weighted by Crippen LogP contribution is 2.43. The number of ether oxygens (including phenoxy) is 1. The van der Waals surface area contributed by atoms with Crippen LogP contribution in [0.5, 0.6) is 0 Å². The van der Waals surface area contributed by atoms with Gasteiger partial charge in [0, 0.05) is 30.5 Å². The van der Waals surface area contributed by atoms with Crippen molar-refractivity contribution in [2.75, 3.05) is 19.7 Å². The van der Waals surface area contributed by atoms with Crippen LogP contribution in [0.25, 0.3) is 10.9 Å². The van der Waals surface area contributed by atoms with Crippen LogP contribution >= 0.6 is 0 Å². The predicted molar refractivity (Wildman–Crippen MR) is 116 cm³/mol. The van der Waals surface area contributed by atoms with Crippen LogP contribution in [-0.2, 0) is 34.5 Å². The van der Waals surface area contributed by atoms with Gasteiger partial charge in [0.25, 0.3) is 0 Å².